The van der Waals surface area contributed by atoms with Gasteiger partial charge >= 0.3 is 11.9 Å². The topological polar surface area (TPSA) is 99.5 Å². The Bertz CT molecular complexity index is 319. The SMILES string of the molecule is CC(O)C(=O)OCCN1CCN(CCOC(=O)C(C)O)CC1. The molecule has 0 saturated carbocycles. The Labute approximate surface area is 130 Å². The molecule has 0 amide bonds. The first-order valence-electron chi connectivity index (χ1n) is 7.54. The van der Waals surface area contributed by atoms with Gasteiger partial charge in [-0.1, -0.05) is 0 Å². The van der Waals surface area contributed by atoms with Crippen molar-refractivity contribution in [3.63, 3.8) is 0 Å². The van der Waals surface area contributed by atoms with Crippen molar-refractivity contribution in [1.82, 2.24) is 9.80 Å². The molecule has 1 aliphatic heterocycles. The van der Waals surface area contributed by atoms with Gasteiger partial charge in [0.25, 0.3) is 0 Å². The molecule has 8 nitrogen and oxygen atoms in total. The van der Waals surface area contributed by atoms with Crippen LogP contribution in [0.25, 0.3) is 0 Å². The van der Waals surface area contributed by atoms with E-state index >= 15 is 0 Å². The van der Waals surface area contributed by atoms with Crippen LogP contribution in [-0.4, -0.2) is 96.6 Å². The highest BCUT2D eigenvalue weighted by Gasteiger charge is 2.18. The molecule has 8 heteroatoms. The van der Waals surface area contributed by atoms with Crippen LogP contribution in [-0.2, 0) is 19.1 Å². The molecule has 128 valence electrons. The van der Waals surface area contributed by atoms with E-state index in [-0.39, 0.29) is 13.2 Å². The van der Waals surface area contributed by atoms with Crippen LogP contribution in [0.1, 0.15) is 13.8 Å². The number of ether oxygens (including phenoxy) is 2. The van der Waals surface area contributed by atoms with Gasteiger partial charge < -0.3 is 19.7 Å². The van der Waals surface area contributed by atoms with E-state index in [1.807, 2.05) is 0 Å². The van der Waals surface area contributed by atoms with Gasteiger partial charge in [-0.3, -0.25) is 9.80 Å². The van der Waals surface area contributed by atoms with Crippen molar-refractivity contribution >= 4 is 11.9 Å². The summed E-state index contributed by atoms with van der Waals surface area (Å²) < 4.78 is 9.84. The summed E-state index contributed by atoms with van der Waals surface area (Å²) >= 11 is 0. The molecular weight excluding hydrogens is 292 g/mol. The van der Waals surface area contributed by atoms with Gasteiger partial charge in [-0.25, -0.2) is 9.59 Å². The van der Waals surface area contributed by atoms with Crippen LogP contribution in [0, 0.1) is 0 Å². The van der Waals surface area contributed by atoms with Gasteiger partial charge in [0, 0.05) is 39.3 Å². The summed E-state index contributed by atoms with van der Waals surface area (Å²) in [5, 5.41) is 18.0. The second-order valence-corrected chi connectivity index (χ2v) is 5.37. The third-order valence-corrected chi connectivity index (χ3v) is 3.45. The van der Waals surface area contributed by atoms with E-state index in [0.29, 0.717) is 13.1 Å². The molecule has 2 unspecified atom stereocenters. The lowest BCUT2D eigenvalue weighted by molar-refractivity contribution is -0.154. The number of hydrogen-bond donors (Lipinski definition) is 2. The minimum atomic E-state index is -1.08. The molecule has 1 heterocycles. The van der Waals surface area contributed by atoms with E-state index in [9.17, 15) is 9.59 Å². The zero-order valence-electron chi connectivity index (χ0n) is 13.2. The zero-order valence-corrected chi connectivity index (χ0v) is 13.2. The van der Waals surface area contributed by atoms with Crippen molar-refractivity contribution in [3.8, 4) is 0 Å². The molecule has 1 fully saturated rings. The van der Waals surface area contributed by atoms with E-state index in [1.54, 1.807) is 0 Å². The van der Waals surface area contributed by atoms with Crippen LogP contribution in [0.5, 0.6) is 0 Å². The quantitative estimate of drug-likeness (QED) is 0.519. The molecule has 0 aromatic carbocycles. The van der Waals surface area contributed by atoms with E-state index in [1.165, 1.54) is 13.8 Å². The molecule has 0 bridgehead atoms. The number of rotatable bonds is 8. The average molecular weight is 318 g/mol. The van der Waals surface area contributed by atoms with Crippen LogP contribution in [0.2, 0.25) is 0 Å². The number of nitrogens with zero attached hydrogens (tertiary/aromatic N) is 2. The lowest BCUT2D eigenvalue weighted by atomic mass is 10.3. The van der Waals surface area contributed by atoms with Gasteiger partial charge in [0.1, 0.15) is 25.4 Å². The van der Waals surface area contributed by atoms with Crippen LogP contribution < -0.4 is 0 Å². The number of hydrogen-bond acceptors (Lipinski definition) is 8. The second kappa shape index (κ2) is 9.73. The number of piperazine rings is 1. The Morgan fingerprint density at radius 3 is 1.45 bits per heavy atom. The Hall–Kier alpha value is -1.22. The summed E-state index contributed by atoms with van der Waals surface area (Å²) in [6, 6.07) is 0. The van der Waals surface area contributed by atoms with E-state index in [0.717, 1.165) is 26.2 Å². The Kier molecular flexibility index (Phi) is 8.32. The van der Waals surface area contributed by atoms with Crippen molar-refractivity contribution in [3.05, 3.63) is 0 Å². The van der Waals surface area contributed by atoms with Crippen LogP contribution >= 0.6 is 0 Å². The van der Waals surface area contributed by atoms with Gasteiger partial charge in [0.2, 0.25) is 0 Å². The minimum absolute atomic E-state index is 0.274. The highest BCUT2D eigenvalue weighted by Crippen LogP contribution is 2.02. The first kappa shape index (κ1) is 18.8. The normalized spacial score (nSPS) is 19.5. The Morgan fingerprint density at radius 1 is 0.864 bits per heavy atom. The maximum absolute atomic E-state index is 11.1. The van der Waals surface area contributed by atoms with E-state index in [2.05, 4.69) is 9.80 Å². The first-order valence-corrected chi connectivity index (χ1v) is 7.54. The van der Waals surface area contributed by atoms with Crippen molar-refractivity contribution in [2.24, 2.45) is 0 Å². The van der Waals surface area contributed by atoms with Gasteiger partial charge in [0.05, 0.1) is 0 Å². The maximum Gasteiger partial charge on any atom is 0.334 e. The molecule has 0 aliphatic carbocycles. The zero-order chi connectivity index (χ0) is 16.5. The van der Waals surface area contributed by atoms with Crippen molar-refractivity contribution in [2.45, 2.75) is 26.1 Å². The summed E-state index contributed by atoms with van der Waals surface area (Å²) in [4.78, 5) is 26.5. The molecule has 0 aromatic rings. The van der Waals surface area contributed by atoms with Crippen molar-refractivity contribution < 1.29 is 29.3 Å². The number of carbonyl (C=O) groups is 2. The molecule has 1 saturated heterocycles. The fourth-order valence-corrected chi connectivity index (χ4v) is 2.03. The third-order valence-electron chi connectivity index (χ3n) is 3.45. The largest absolute Gasteiger partial charge is 0.462 e. The Morgan fingerprint density at radius 2 is 1.18 bits per heavy atom. The summed E-state index contributed by atoms with van der Waals surface area (Å²) in [6.45, 7) is 7.97. The average Bonchev–Trinajstić information content (AvgIpc) is 2.48. The lowest BCUT2D eigenvalue weighted by Gasteiger charge is -2.34. The number of aliphatic hydroxyl groups excluding tert-OH is 2. The molecular formula is C14H26N2O6. The predicted octanol–water partition coefficient (Wildman–Crippen LogP) is -1.55. The van der Waals surface area contributed by atoms with Gasteiger partial charge in [-0.05, 0) is 13.8 Å². The second-order valence-electron chi connectivity index (χ2n) is 5.37. The standard InChI is InChI=1S/C14H26N2O6/c1-11(17)13(19)21-9-7-15-3-5-16(6-4-15)8-10-22-14(20)12(2)18/h11-12,17-18H,3-10H2,1-2H3. The number of esters is 2. The van der Waals surface area contributed by atoms with Gasteiger partial charge in [0.15, 0.2) is 0 Å². The van der Waals surface area contributed by atoms with Gasteiger partial charge in [-0.15, -0.1) is 0 Å². The highest BCUT2D eigenvalue weighted by molar-refractivity contribution is 5.74. The lowest BCUT2D eigenvalue weighted by Crippen LogP contribution is -2.48. The van der Waals surface area contributed by atoms with Crippen molar-refractivity contribution in [1.29, 1.82) is 0 Å². The molecule has 1 rings (SSSR count). The monoisotopic (exact) mass is 318 g/mol. The van der Waals surface area contributed by atoms with Crippen molar-refractivity contribution in [2.75, 3.05) is 52.5 Å². The third kappa shape index (κ3) is 7.17. The molecule has 0 radical (unpaired) electrons. The van der Waals surface area contributed by atoms with E-state index < -0.39 is 24.1 Å². The molecule has 0 spiro atoms. The van der Waals surface area contributed by atoms with Gasteiger partial charge in [-0.2, -0.15) is 0 Å². The number of carbonyl (C=O) groups excluding carboxylic acids is 2. The molecule has 2 atom stereocenters. The fraction of sp³-hybridized carbons (Fsp3) is 0.857. The first-order chi connectivity index (χ1) is 10.4. The van der Waals surface area contributed by atoms with Crippen LogP contribution in [0.15, 0.2) is 0 Å². The highest BCUT2D eigenvalue weighted by atomic mass is 16.6. The molecule has 22 heavy (non-hydrogen) atoms. The minimum Gasteiger partial charge on any atom is -0.462 e. The number of aliphatic hydroxyl groups is 2. The molecule has 2 N–H and O–H groups in total. The fourth-order valence-electron chi connectivity index (χ4n) is 2.03. The molecule has 1 aliphatic rings. The van der Waals surface area contributed by atoms with Crippen LogP contribution in [0.3, 0.4) is 0 Å². The summed E-state index contributed by atoms with van der Waals surface area (Å²) in [5.41, 5.74) is 0. The summed E-state index contributed by atoms with van der Waals surface area (Å²) in [7, 11) is 0. The molecule has 0 aromatic heterocycles. The Balaban J connectivity index is 2.08. The predicted molar refractivity (Wildman–Crippen MR) is 78.2 cm³/mol. The summed E-state index contributed by atoms with van der Waals surface area (Å²) in [6.07, 6.45) is -2.16. The van der Waals surface area contributed by atoms with E-state index in [4.69, 9.17) is 19.7 Å². The summed E-state index contributed by atoms with van der Waals surface area (Å²) in [5.74, 6) is -1.20. The maximum atomic E-state index is 11.1. The van der Waals surface area contributed by atoms with Crippen LogP contribution in [0.4, 0.5) is 0 Å². The smallest absolute Gasteiger partial charge is 0.334 e.